The van der Waals surface area contributed by atoms with Crippen LogP contribution in [0, 0.1) is 0 Å². The number of amides is 1. The molecule has 0 unspecified atom stereocenters. The van der Waals surface area contributed by atoms with Crippen LogP contribution in [0.1, 0.15) is 5.69 Å². The van der Waals surface area contributed by atoms with E-state index < -0.39 is 0 Å². The average Bonchev–Trinajstić information content (AvgIpc) is 2.83. The number of benzene rings is 1. The number of aryl methyl sites for hydroxylation is 1. The molecular weight excluding hydrogens is 258 g/mol. The molecule has 0 bridgehead atoms. The summed E-state index contributed by atoms with van der Waals surface area (Å²) in [7, 11) is 3.31. The van der Waals surface area contributed by atoms with Crippen LogP contribution in [-0.4, -0.2) is 34.6 Å². The van der Waals surface area contributed by atoms with E-state index in [4.69, 9.17) is 4.74 Å². The lowest BCUT2D eigenvalue weighted by molar-refractivity contribution is -0.119. The fraction of sp³-hybridized carbons (Fsp3) is 0.308. The molecule has 1 aromatic carbocycles. The largest absolute Gasteiger partial charge is 0.379 e. The van der Waals surface area contributed by atoms with Gasteiger partial charge >= 0.3 is 0 Å². The minimum Gasteiger partial charge on any atom is -0.379 e. The Hall–Kier alpha value is -2.41. The van der Waals surface area contributed by atoms with Crippen LogP contribution in [0.3, 0.4) is 0 Å². The number of hydrogen-bond donors (Lipinski definition) is 2. The van der Waals surface area contributed by atoms with Crippen LogP contribution < -0.4 is 10.6 Å². The lowest BCUT2D eigenvalue weighted by Crippen LogP contribution is -2.17. The first-order valence-corrected chi connectivity index (χ1v) is 6.15. The van der Waals surface area contributed by atoms with Gasteiger partial charge in [-0.2, -0.15) is 0 Å². The smallest absolute Gasteiger partial charge is 0.250 e. The van der Waals surface area contributed by atoms with Crippen LogP contribution in [0.25, 0.3) is 0 Å². The Morgan fingerprint density at radius 3 is 2.90 bits per heavy atom. The lowest BCUT2D eigenvalue weighted by Gasteiger charge is -2.08. The molecule has 7 nitrogen and oxygen atoms in total. The molecule has 0 atom stereocenters. The molecule has 0 saturated heterocycles. The molecule has 0 fully saturated rings. The van der Waals surface area contributed by atoms with Crippen molar-refractivity contribution in [2.45, 2.75) is 6.54 Å². The molecule has 2 rings (SSSR count). The van der Waals surface area contributed by atoms with Crippen molar-refractivity contribution in [2.24, 2.45) is 7.05 Å². The van der Waals surface area contributed by atoms with Gasteiger partial charge in [-0.25, -0.2) is 0 Å². The fourth-order valence-electron chi connectivity index (χ4n) is 1.70. The minimum atomic E-state index is -0.182. The molecule has 7 heteroatoms. The van der Waals surface area contributed by atoms with Crippen molar-refractivity contribution in [1.82, 2.24) is 15.0 Å². The monoisotopic (exact) mass is 275 g/mol. The van der Waals surface area contributed by atoms with Crippen molar-refractivity contribution in [2.75, 3.05) is 24.4 Å². The highest BCUT2D eigenvalue weighted by Gasteiger charge is 2.03. The second-order valence-electron chi connectivity index (χ2n) is 4.30. The Morgan fingerprint density at radius 1 is 1.40 bits per heavy atom. The standard InChI is InChI=1S/C13H17N5O2/c1-18-8-12(16-17-18)7-14-10-4-3-5-11(6-10)15-13(19)9-20-2/h3-6,8,14H,7,9H2,1-2H3,(H,15,19). The number of anilines is 2. The summed E-state index contributed by atoms with van der Waals surface area (Å²) in [6.45, 7) is 0.612. The van der Waals surface area contributed by atoms with Crippen molar-refractivity contribution < 1.29 is 9.53 Å². The van der Waals surface area contributed by atoms with E-state index in [0.29, 0.717) is 6.54 Å². The third-order valence-corrected chi connectivity index (χ3v) is 2.55. The van der Waals surface area contributed by atoms with E-state index in [1.54, 1.807) is 4.68 Å². The van der Waals surface area contributed by atoms with Crippen LogP contribution in [0.2, 0.25) is 0 Å². The molecule has 2 aromatic rings. The normalized spacial score (nSPS) is 10.3. The van der Waals surface area contributed by atoms with E-state index in [0.717, 1.165) is 17.1 Å². The van der Waals surface area contributed by atoms with Gasteiger partial charge in [0.2, 0.25) is 5.91 Å². The summed E-state index contributed by atoms with van der Waals surface area (Å²) in [5.41, 5.74) is 2.46. The Balaban J connectivity index is 1.93. The zero-order chi connectivity index (χ0) is 14.4. The molecule has 20 heavy (non-hydrogen) atoms. The lowest BCUT2D eigenvalue weighted by atomic mass is 10.2. The molecule has 106 valence electrons. The molecule has 1 heterocycles. The molecule has 0 saturated carbocycles. The molecule has 2 N–H and O–H groups in total. The molecule has 1 aromatic heterocycles. The van der Waals surface area contributed by atoms with E-state index in [-0.39, 0.29) is 12.5 Å². The molecule has 0 aliphatic rings. The quantitative estimate of drug-likeness (QED) is 0.822. The van der Waals surface area contributed by atoms with Gasteiger partial charge in [-0.05, 0) is 18.2 Å². The molecular formula is C13H17N5O2. The number of rotatable bonds is 6. The van der Waals surface area contributed by atoms with Crippen molar-refractivity contribution in [3.63, 3.8) is 0 Å². The summed E-state index contributed by atoms with van der Waals surface area (Å²) in [6.07, 6.45) is 1.84. The van der Waals surface area contributed by atoms with Crippen LogP contribution in [0.4, 0.5) is 11.4 Å². The third-order valence-electron chi connectivity index (χ3n) is 2.55. The summed E-state index contributed by atoms with van der Waals surface area (Å²) in [4.78, 5) is 11.4. The number of methoxy groups -OCH3 is 1. The summed E-state index contributed by atoms with van der Waals surface area (Å²) < 4.78 is 6.42. The minimum absolute atomic E-state index is 0.0389. The van der Waals surface area contributed by atoms with Gasteiger partial charge in [0, 0.05) is 31.7 Å². The predicted octanol–water partition coefficient (Wildman–Crippen LogP) is 1.01. The Morgan fingerprint density at radius 2 is 2.20 bits per heavy atom. The van der Waals surface area contributed by atoms with Gasteiger partial charge < -0.3 is 15.4 Å². The van der Waals surface area contributed by atoms with Crippen molar-refractivity contribution in [3.05, 3.63) is 36.2 Å². The first kappa shape index (κ1) is 14.0. The van der Waals surface area contributed by atoms with E-state index in [1.165, 1.54) is 7.11 Å². The number of aromatic nitrogens is 3. The van der Waals surface area contributed by atoms with E-state index in [1.807, 2.05) is 37.5 Å². The first-order valence-electron chi connectivity index (χ1n) is 6.15. The second kappa shape index (κ2) is 6.67. The number of nitrogens with zero attached hydrogens (tertiary/aromatic N) is 3. The number of ether oxygens (including phenoxy) is 1. The summed E-state index contributed by atoms with van der Waals surface area (Å²) >= 11 is 0. The van der Waals surface area contributed by atoms with Crippen LogP contribution >= 0.6 is 0 Å². The van der Waals surface area contributed by atoms with Crippen LogP contribution in [0.5, 0.6) is 0 Å². The Labute approximate surface area is 116 Å². The van der Waals surface area contributed by atoms with Crippen molar-refractivity contribution >= 4 is 17.3 Å². The molecule has 0 radical (unpaired) electrons. The summed E-state index contributed by atoms with van der Waals surface area (Å²) in [5.74, 6) is -0.182. The average molecular weight is 275 g/mol. The van der Waals surface area contributed by atoms with E-state index in [2.05, 4.69) is 20.9 Å². The maximum atomic E-state index is 11.4. The number of carbonyl (C=O) groups is 1. The zero-order valence-corrected chi connectivity index (χ0v) is 11.5. The highest BCUT2D eigenvalue weighted by atomic mass is 16.5. The number of nitrogens with one attached hydrogen (secondary N) is 2. The van der Waals surface area contributed by atoms with Gasteiger partial charge in [-0.15, -0.1) is 5.10 Å². The highest BCUT2D eigenvalue weighted by molar-refractivity contribution is 5.92. The van der Waals surface area contributed by atoms with Gasteiger partial charge in [-0.3, -0.25) is 9.48 Å². The van der Waals surface area contributed by atoms with Gasteiger partial charge in [0.1, 0.15) is 12.3 Å². The topological polar surface area (TPSA) is 81.1 Å². The summed E-state index contributed by atoms with van der Waals surface area (Å²) in [5, 5.41) is 13.8. The third kappa shape index (κ3) is 4.06. The van der Waals surface area contributed by atoms with E-state index >= 15 is 0 Å². The number of carbonyl (C=O) groups excluding carboxylic acids is 1. The molecule has 1 amide bonds. The maximum absolute atomic E-state index is 11.4. The second-order valence-corrected chi connectivity index (χ2v) is 4.30. The molecule has 0 spiro atoms. The van der Waals surface area contributed by atoms with E-state index in [9.17, 15) is 4.79 Å². The maximum Gasteiger partial charge on any atom is 0.250 e. The molecule has 0 aliphatic carbocycles. The summed E-state index contributed by atoms with van der Waals surface area (Å²) in [6, 6.07) is 7.45. The van der Waals surface area contributed by atoms with Crippen LogP contribution in [0.15, 0.2) is 30.5 Å². The number of hydrogen-bond acceptors (Lipinski definition) is 5. The van der Waals surface area contributed by atoms with Gasteiger partial charge in [0.25, 0.3) is 0 Å². The van der Waals surface area contributed by atoms with Gasteiger partial charge in [0.15, 0.2) is 0 Å². The Kier molecular flexibility index (Phi) is 4.67. The highest BCUT2D eigenvalue weighted by Crippen LogP contribution is 2.15. The zero-order valence-electron chi connectivity index (χ0n) is 11.5. The molecule has 0 aliphatic heterocycles. The predicted molar refractivity (Wildman–Crippen MR) is 75.3 cm³/mol. The van der Waals surface area contributed by atoms with Crippen molar-refractivity contribution in [1.29, 1.82) is 0 Å². The SMILES string of the molecule is COCC(=O)Nc1cccc(NCc2cn(C)nn2)c1. The fourth-order valence-corrected chi connectivity index (χ4v) is 1.70. The Bertz CT molecular complexity index is 582. The first-order chi connectivity index (χ1) is 9.67. The van der Waals surface area contributed by atoms with Crippen LogP contribution in [-0.2, 0) is 23.1 Å². The van der Waals surface area contributed by atoms with Gasteiger partial charge in [0.05, 0.1) is 6.54 Å². The van der Waals surface area contributed by atoms with Crippen molar-refractivity contribution in [3.8, 4) is 0 Å². The van der Waals surface area contributed by atoms with Gasteiger partial charge in [-0.1, -0.05) is 11.3 Å².